The number of phenols is 2. The Morgan fingerprint density at radius 1 is 0.378 bits per heavy atom. The van der Waals surface area contributed by atoms with Crippen molar-refractivity contribution in [1.29, 1.82) is 0 Å². The van der Waals surface area contributed by atoms with Crippen molar-refractivity contribution >= 4 is 69.8 Å². The van der Waals surface area contributed by atoms with E-state index in [1.165, 1.54) is 48.8 Å². The van der Waals surface area contributed by atoms with E-state index in [9.17, 15) is 30.6 Å². The minimum absolute atomic E-state index is 0. The molecule has 8 aromatic rings. The molecule has 0 fully saturated rings. The zero-order chi connectivity index (χ0) is 53.0. The van der Waals surface area contributed by atoms with Crippen LogP contribution < -0.4 is 20.4 Å². The minimum Gasteiger partial charge on any atom is -0.872 e. The summed E-state index contributed by atoms with van der Waals surface area (Å²) < 4.78 is 0. The first-order valence-electron chi connectivity index (χ1n) is 21.3. The topological polar surface area (TPSA) is 263 Å². The number of aliphatic imine (C=N–C) groups is 4. The van der Waals surface area contributed by atoms with Crippen LogP contribution in [0.15, 0.2) is 202 Å². The monoisotopic (exact) mass is 1120 g/mol. The molecular weight excluding hydrogens is 1080 g/mol. The summed E-state index contributed by atoms with van der Waals surface area (Å²) in [6.07, 6.45) is 2.85. The molecular formula is C56H50Cl2N4Ni2O10. The molecule has 0 aliphatic carbocycles. The van der Waals surface area contributed by atoms with Crippen LogP contribution in [0, 0.1) is 0 Å². The molecule has 14 nitrogen and oxygen atoms in total. The Bertz CT molecular complexity index is 2870. The van der Waals surface area contributed by atoms with Crippen LogP contribution >= 0.6 is 23.2 Å². The Morgan fingerprint density at radius 3 is 1.01 bits per heavy atom. The van der Waals surface area contributed by atoms with Gasteiger partial charge >= 0.3 is 33.0 Å². The van der Waals surface area contributed by atoms with E-state index in [0.717, 1.165) is 51.7 Å². The van der Waals surface area contributed by atoms with E-state index in [4.69, 9.17) is 53.6 Å². The normalized spacial score (nSPS) is 10.5. The second-order valence-corrected chi connectivity index (χ2v) is 14.7. The second-order valence-electron chi connectivity index (χ2n) is 13.9. The third-order valence-corrected chi connectivity index (χ3v) is 9.87. The van der Waals surface area contributed by atoms with Crippen LogP contribution in [0.25, 0.3) is 0 Å². The maximum Gasteiger partial charge on any atom is 2.00 e. The smallest absolute Gasteiger partial charge is 0.872 e. The number of hydrogen-bond donors (Lipinski definition) is 6. The third kappa shape index (κ3) is 19.2. The van der Waals surface area contributed by atoms with E-state index in [1.807, 2.05) is 72.8 Å². The molecule has 0 radical (unpaired) electrons. The van der Waals surface area contributed by atoms with Gasteiger partial charge in [0.15, 0.2) is 0 Å². The molecule has 0 atom stereocenters. The Balaban J connectivity index is 0.000000637. The van der Waals surface area contributed by atoms with Gasteiger partial charge in [-0.1, -0.05) is 155 Å². The van der Waals surface area contributed by atoms with Gasteiger partial charge in [0.1, 0.15) is 11.5 Å². The van der Waals surface area contributed by atoms with Crippen LogP contribution in [0.1, 0.15) is 33.4 Å². The molecule has 74 heavy (non-hydrogen) atoms. The van der Waals surface area contributed by atoms with Crippen molar-refractivity contribution < 1.29 is 84.0 Å². The Hall–Kier alpha value is -7.35. The van der Waals surface area contributed by atoms with Gasteiger partial charge in [-0.2, -0.15) is 0 Å². The number of rotatable bonds is 10. The first-order chi connectivity index (χ1) is 35.0. The van der Waals surface area contributed by atoms with Gasteiger partial charge in [-0.25, -0.2) is 9.98 Å². The van der Waals surface area contributed by atoms with Gasteiger partial charge in [0.2, 0.25) is 0 Å². The molecule has 0 saturated carbocycles. The fourth-order valence-corrected chi connectivity index (χ4v) is 6.59. The summed E-state index contributed by atoms with van der Waals surface area (Å²) in [7, 11) is 4.00. The molecule has 0 bridgehead atoms. The first-order valence-corrected chi connectivity index (χ1v) is 22.1. The number of para-hydroxylation sites is 4. The fraction of sp³-hybridized carbons (Fsp3) is 0.0714. The van der Waals surface area contributed by atoms with Gasteiger partial charge < -0.3 is 51.1 Å². The maximum absolute atomic E-state index is 12.6. The molecule has 6 N–H and O–H groups in total. The number of halogens is 2. The van der Waals surface area contributed by atoms with Gasteiger partial charge in [-0.15, -0.1) is 0 Å². The SMILES string of the molecule is CO.CO.CO.CO.[Ni+2].[Ni+2].[O-]c1cc(O)ccc1C=Nc1ccccc1N=C(c1ccccc1)c1cc(Cl)ccc1[O-].[O-]c1cc(O)ccc1C=Nc1ccccc1N=C(c1ccccc1)c1cc(Cl)ccc1[O-]. The van der Waals surface area contributed by atoms with Crippen LogP contribution in [0.4, 0.5) is 22.7 Å². The van der Waals surface area contributed by atoms with Crippen LogP contribution in [0.3, 0.4) is 0 Å². The molecule has 0 aliphatic rings. The molecule has 0 aromatic heterocycles. The molecule has 0 unspecified atom stereocenters. The van der Waals surface area contributed by atoms with Crippen molar-refractivity contribution in [1.82, 2.24) is 0 Å². The molecule has 8 aromatic carbocycles. The second kappa shape index (κ2) is 34.9. The van der Waals surface area contributed by atoms with E-state index in [2.05, 4.69) is 9.98 Å². The summed E-state index contributed by atoms with van der Waals surface area (Å²) >= 11 is 12.3. The predicted octanol–water partition coefficient (Wildman–Crippen LogP) is 8.65. The molecule has 0 heterocycles. The summed E-state index contributed by atoms with van der Waals surface area (Å²) in [5.74, 6) is -1.26. The Morgan fingerprint density at radius 2 is 0.689 bits per heavy atom. The number of hydrogen-bond acceptors (Lipinski definition) is 14. The third-order valence-electron chi connectivity index (χ3n) is 9.40. The first kappa shape index (κ1) is 64.7. The summed E-state index contributed by atoms with van der Waals surface area (Å²) in [5.41, 5.74) is 5.95. The number of benzene rings is 8. The van der Waals surface area contributed by atoms with Crippen LogP contribution in [-0.2, 0) is 33.0 Å². The number of aliphatic hydroxyl groups excluding tert-OH is 4. The van der Waals surface area contributed by atoms with Crippen molar-refractivity contribution in [2.24, 2.45) is 20.0 Å². The zero-order valence-electron chi connectivity index (χ0n) is 40.0. The van der Waals surface area contributed by atoms with E-state index < -0.39 is 0 Å². The summed E-state index contributed by atoms with van der Waals surface area (Å²) in [6, 6.07) is 50.3. The minimum atomic E-state index is -0.338. The maximum atomic E-state index is 12.6. The van der Waals surface area contributed by atoms with Crippen molar-refractivity contribution in [3.05, 3.63) is 225 Å². The molecule has 0 amide bonds. The van der Waals surface area contributed by atoms with Gasteiger partial charge in [0, 0.05) is 62.0 Å². The van der Waals surface area contributed by atoms with Gasteiger partial charge in [0.25, 0.3) is 0 Å². The average molecular weight is 1130 g/mol. The van der Waals surface area contributed by atoms with Crippen molar-refractivity contribution in [3.8, 4) is 34.5 Å². The number of nitrogens with zero attached hydrogens (tertiary/aromatic N) is 4. The van der Waals surface area contributed by atoms with Gasteiger partial charge in [-0.05, 0) is 95.1 Å². The number of phenolic OH excluding ortho intramolecular Hbond substituents is 2. The fourth-order valence-electron chi connectivity index (χ4n) is 6.24. The summed E-state index contributed by atoms with van der Waals surface area (Å²) in [6.45, 7) is 0. The average Bonchev–Trinajstić information content (AvgIpc) is 3.42. The standard InChI is InChI=1S/2C26H19ClN2O3.4CH4O.2Ni/c2*27-19-11-13-24(31)21(14-19)26(17-6-2-1-3-7-17)29-23-9-5-4-8-22(23)28-16-18-10-12-20(30)15-25(18)32;4*1-2;;/h2*1-16,30-32H;4*2H,1H3;;/q;;;;;;2*+2/p-4. The quantitative estimate of drug-likeness (QED) is 0.0561. The van der Waals surface area contributed by atoms with Crippen LogP contribution in [0.5, 0.6) is 34.5 Å². The van der Waals surface area contributed by atoms with Crippen molar-refractivity contribution in [2.45, 2.75) is 0 Å². The van der Waals surface area contributed by atoms with Crippen LogP contribution in [0.2, 0.25) is 10.0 Å². The zero-order valence-corrected chi connectivity index (χ0v) is 43.5. The van der Waals surface area contributed by atoms with E-state index in [1.54, 1.807) is 60.7 Å². The predicted molar refractivity (Wildman–Crippen MR) is 280 cm³/mol. The van der Waals surface area contributed by atoms with Crippen molar-refractivity contribution in [2.75, 3.05) is 28.4 Å². The molecule has 388 valence electrons. The van der Waals surface area contributed by atoms with Crippen LogP contribution in [-0.4, -0.2) is 82.9 Å². The van der Waals surface area contributed by atoms with E-state index >= 15 is 0 Å². The Kier molecular flexibility index (Phi) is 30.5. The molecule has 18 heteroatoms. The number of aliphatic hydroxyl groups is 4. The van der Waals surface area contributed by atoms with E-state index in [-0.39, 0.29) is 67.5 Å². The molecule has 8 rings (SSSR count). The van der Waals surface area contributed by atoms with Gasteiger partial charge in [-0.3, -0.25) is 9.98 Å². The Labute approximate surface area is 459 Å². The summed E-state index contributed by atoms with van der Waals surface area (Å²) in [4.78, 5) is 18.4. The molecule has 0 aliphatic heterocycles. The number of aromatic hydroxyl groups is 2. The van der Waals surface area contributed by atoms with Gasteiger partial charge in [0.05, 0.1) is 34.2 Å². The van der Waals surface area contributed by atoms with Crippen molar-refractivity contribution in [3.63, 3.8) is 0 Å². The van der Waals surface area contributed by atoms with E-state index in [0.29, 0.717) is 66.5 Å². The summed E-state index contributed by atoms with van der Waals surface area (Å²) in [5, 5.41) is 97.0. The molecule has 0 saturated heterocycles. The largest absolute Gasteiger partial charge is 2.00 e. The molecule has 0 spiro atoms.